The van der Waals surface area contributed by atoms with Crippen LogP contribution in [0.5, 0.6) is 0 Å². The van der Waals surface area contributed by atoms with Crippen molar-refractivity contribution in [3.63, 3.8) is 0 Å². The summed E-state index contributed by atoms with van der Waals surface area (Å²) in [5, 5.41) is 5.93. The fourth-order valence-electron chi connectivity index (χ4n) is 2.96. The topological polar surface area (TPSA) is 78.2 Å². The average molecular weight is 307 g/mol. The van der Waals surface area contributed by atoms with Crippen LogP contribution in [-0.2, 0) is 6.54 Å². The third kappa shape index (κ3) is 2.23. The predicted octanol–water partition coefficient (Wildman–Crippen LogP) is 0.122. The highest BCUT2D eigenvalue weighted by Crippen LogP contribution is 2.08. The van der Waals surface area contributed by atoms with E-state index in [-0.39, 0.29) is 11.5 Å². The lowest BCUT2D eigenvalue weighted by Crippen LogP contribution is -2.42. The molecule has 23 heavy (non-hydrogen) atoms. The number of nitrogens with two attached hydrogens (primary N) is 1. The van der Waals surface area contributed by atoms with Crippen molar-refractivity contribution in [3.05, 3.63) is 57.1 Å². The summed E-state index contributed by atoms with van der Waals surface area (Å²) < 4.78 is 3.01. The van der Waals surface area contributed by atoms with Crippen molar-refractivity contribution in [2.45, 2.75) is 19.9 Å². The first-order valence-corrected chi connectivity index (χ1v) is 7.64. The first-order chi connectivity index (χ1) is 11.1. The molecule has 4 rings (SSSR count). The van der Waals surface area contributed by atoms with E-state index in [1.54, 1.807) is 4.40 Å². The van der Waals surface area contributed by atoms with Crippen molar-refractivity contribution in [3.8, 4) is 0 Å². The molecule has 0 fully saturated rings. The van der Waals surface area contributed by atoms with Gasteiger partial charge in [-0.25, -0.2) is 18.9 Å². The summed E-state index contributed by atoms with van der Waals surface area (Å²) in [6.07, 6.45) is 4.96. The molecule has 0 bridgehead atoms. The second-order valence-corrected chi connectivity index (χ2v) is 5.94. The Morgan fingerprint density at radius 3 is 2.87 bits per heavy atom. The molecule has 1 unspecified atom stereocenters. The van der Waals surface area contributed by atoms with Gasteiger partial charge in [-0.1, -0.05) is 49.4 Å². The van der Waals surface area contributed by atoms with E-state index in [4.69, 9.17) is 5.73 Å². The molecule has 0 radical (unpaired) electrons. The summed E-state index contributed by atoms with van der Waals surface area (Å²) in [5.74, 6) is 0.674. The van der Waals surface area contributed by atoms with Crippen molar-refractivity contribution >= 4 is 23.6 Å². The molecule has 0 saturated heterocycles. The van der Waals surface area contributed by atoms with Crippen LogP contribution in [0.2, 0.25) is 0 Å². The zero-order valence-corrected chi connectivity index (χ0v) is 12.8. The van der Waals surface area contributed by atoms with Gasteiger partial charge in [0, 0.05) is 0 Å². The van der Waals surface area contributed by atoms with Gasteiger partial charge in [-0.3, -0.25) is 0 Å². The van der Waals surface area contributed by atoms with Crippen LogP contribution in [0.25, 0.3) is 17.8 Å². The van der Waals surface area contributed by atoms with Gasteiger partial charge in [-0.2, -0.15) is 0 Å². The second kappa shape index (κ2) is 5.08. The fraction of sp³-hybridized carbons (Fsp3) is 0.235. The van der Waals surface area contributed by atoms with Crippen LogP contribution >= 0.6 is 0 Å². The van der Waals surface area contributed by atoms with E-state index in [0.717, 1.165) is 22.7 Å². The summed E-state index contributed by atoms with van der Waals surface area (Å²) in [5.41, 5.74) is 7.27. The molecule has 2 aromatic heterocycles. The van der Waals surface area contributed by atoms with Gasteiger partial charge in [0.1, 0.15) is 0 Å². The van der Waals surface area contributed by atoms with Gasteiger partial charge in [0.15, 0.2) is 5.82 Å². The third-order valence-electron chi connectivity index (χ3n) is 4.11. The van der Waals surface area contributed by atoms with Gasteiger partial charge in [-0.15, -0.1) is 5.10 Å². The number of nitrogen functional groups attached to an aromatic ring is 1. The SMILES string of the molecule is CC1C=c2nc(N)c3nn(Cc4ccccc4)c(=O)n3c2=CC1. The molecule has 1 aromatic carbocycles. The van der Waals surface area contributed by atoms with Crippen LogP contribution in [0.15, 0.2) is 35.1 Å². The average Bonchev–Trinajstić information content (AvgIpc) is 2.86. The number of rotatable bonds is 2. The Hall–Kier alpha value is -2.89. The van der Waals surface area contributed by atoms with Crippen molar-refractivity contribution in [2.75, 3.05) is 5.73 Å². The number of aromatic nitrogens is 4. The largest absolute Gasteiger partial charge is 0.381 e. The lowest BCUT2D eigenvalue weighted by molar-refractivity contribution is 0.656. The zero-order valence-electron chi connectivity index (χ0n) is 12.8. The normalized spacial score (nSPS) is 16.7. The molecule has 6 nitrogen and oxygen atoms in total. The van der Waals surface area contributed by atoms with E-state index in [1.807, 2.05) is 42.5 Å². The summed E-state index contributed by atoms with van der Waals surface area (Å²) >= 11 is 0. The number of anilines is 1. The minimum Gasteiger partial charge on any atom is -0.381 e. The van der Waals surface area contributed by atoms with E-state index in [0.29, 0.717) is 18.1 Å². The maximum absolute atomic E-state index is 12.8. The Balaban J connectivity index is 1.98. The Labute approximate surface area is 132 Å². The third-order valence-corrected chi connectivity index (χ3v) is 4.11. The quantitative estimate of drug-likeness (QED) is 0.729. The van der Waals surface area contributed by atoms with Crippen LogP contribution in [0, 0.1) is 5.92 Å². The second-order valence-electron chi connectivity index (χ2n) is 5.94. The summed E-state index contributed by atoms with van der Waals surface area (Å²) in [6.45, 7) is 2.53. The molecule has 116 valence electrons. The van der Waals surface area contributed by atoms with Crippen molar-refractivity contribution in [1.82, 2.24) is 19.2 Å². The molecule has 2 N–H and O–H groups in total. The first kappa shape index (κ1) is 13.8. The molecule has 0 spiro atoms. The van der Waals surface area contributed by atoms with E-state index < -0.39 is 0 Å². The number of fused-ring (bicyclic) bond motifs is 3. The molecule has 1 atom stereocenters. The first-order valence-electron chi connectivity index (χ1n) is 7.64. The molecule has 1 aliphatic carbocycles. The van der Waals surface area contributed by atoms with Crippen molar-refractivity contribution in [1.29, 1.82) is 0 Å². The van der Waals surface area contributed by atoms with Gasteiger partial charge >= 0.3 is 5.69 Å². The molecule has 0 saturated carbocycles. The van der Waals surface area contributed by atoms with Crippen LogP contribution in [-0.4, -0.2) is 19.2 Å². The summed E-state index contributed by atoms with van der Waals surface area (Å²) in [4.78, 5) is 17.2. The lowest BCUT2D eigenvalue weighted by Gasteiger charge is -2.08. The smallest absolute Gasteiger partial charge is 0.351 e. The highest BCUT2D eigenvalue weighted by atomic mass is 16.2. The minimum atomic E-state index is -0.187. The van der Waals surface area contributed by atoms with Gasteiger partial charge in [0.05, 0.1) is 17.2 Å². The van der Waals surface area contributed by atoms with Gasteiger partial charge in [-0.05, 0) is 17.9 Å². The Kier molecular flexibility index (Phi) is 3.04. The fourth-order valence-corrected chi connectivity index (χ4v) is 2.96. The lowest BCUT2D eigenvalue weighted by atomic mass is 10.0. The van der Waals surface area contributed by atoms with E-state index in [9.17, 15) is 4.79 Å². The number of benzene rings is 1. The van der Waals surface area contributed by atoms with Crippen molar-refractivity contribution < 1.29 is 0 Å². The molecule has 1 aliphatic rings. The molecule has 0 aliphatic heterocycles. The highest BCUT2D eigenvalue weighted by Gasteiger charge is 2.15. The minimum absolute atomic E-state index is 0.187. The molecule has 6 heteroatoms. The van der Waals surface area contributed by atoms with Gasteiger partial charge in [0.25, 0.3) is 0 Å². The van der Waals surface area contributed by atoms with E-state index in [2.05, 4.69) is 17.0 Å². The van der Waals surface area contributed by atoms with E-state index >= 15 is 0 Å². The molecule has 0 amide bonds. The van der Waals surface area contributed by atoms with Crippen molar-refractivity contribution in [2.24, 2.45) is 5.92 Å². The number of nitrogens with zero attached hydrogens (tertiary/aromatic N) is 4. The molecular weight excluding hydrogens is 290 g/mol. The monoisotopic (exact) mass is 307 g/mol. The highest BCUT2D eigenvalue weighted by molar-refractivity contribution is 5.59. The molecular formula is C17H17N5O. The Morgan fingerprint density at radius 2 is 2.09 bits per heavy atom. The molecule has 2 heterocycles. The maximum atomic E-state index is 12.8. The summed E-state index contributed by atoms with van der Waals surface area (Å²) in [7, 11) is 0. The van der Waals surface area contributed by atoms with E-state index in [1.165, 1.54) is 4.68 Å². The van der Waals surface area contributed by atoms with Crippen LogP contribution in [0.3, 0.4) is 0 Å². The molecule has 3 aromatic rings. The number of hydrogen-bond donors (Lipinski definition) is 1. The van der Waals surface area contributed by atoms with Crippen LogP contribution in [0.1, 0.15) is 18.9 Å². The maximum Gasteiger partial charge on any atom is 0.351 e. The Bertz CT molecular complexity index is 1060. The summed E-state index contributed by atoms with van der Waals surface area (Å²) in [6, 6.07) is 9.76. The number of hydrogen-bond acceptors (Lipinski definition) is 4. The Morgan fingerprint density at radius 1 is 1.30 bits per heavy atom. The van der Waals surface area contributed by atoms with Crippen LogP contribution in [0.4, 0.5) is 5.82 Å². The predicted molar refractivity (Wildman–Crippen MR) is 89.2 cm³/mol. The zero-order chi connectivity index (χ0) is 16.0. The standard InChI is InChI=1S/C17H17N5O/c1-11-7-8-14-13(9-11)19-15(18)16-20-21(17(23)22(14)16)10-12-5-3-2-4-6-12/h2-6,8-9,11H,7,10H2,1H3,(H2,18,19). The van der Waals surface area contributed by atoms with Gasteiger partial charge < -0.3 is 5.73 Å². The van der Waals surface area contributed by atoms with Crippen LogP contribution < -0.4 is 22.1 Å². The van der Waals surface area contributed by atoms with Gasteiger partial charge in [0.2, 0.25) is 5.65 Å².